The first-order valence-corrected chi connectivity index (χ1v) is 10.7. The van der Waals surface area contributed by atoms with Crippen LogP contribution in [0.3, 0.4) is 0 Å². The summed E-state index contributed by atoms with van der Waals surface area (Å²) in [6, 6.07) is 16.6. The van der Waals surface area contributed by atoms with Gasteiger partial charge in [-0.05, 0) is 60.7 Å². The lowest BCUT2D eigenvalue weighted by Gasteiger charge is -2.15. The smallest absolute Gasteiger partial charge is 0.257 e. The van der Waals surface area contributed by atoms with E-state index in [9.17, 15) is 9.59 Å². The van der Waals surface area contributed by atoms with Crippen molar-refractivity contribution in [3.63, 3.8) is 0 Å². The number of thiocarbonyl (C=S) groups is 1. The van der Waals surface area contributed by atoms with Gasteiger partial charge in [-0.1, -0.05) is 23.7 Å². The summed E-state index contributed by atoms with van der Waals surface area (Å²) in [5.41, 5.74) is 1.80. The molecule has 0 aliphatic carbocycles. The van der Waals surface area contributed by atoms with Gasteiger partial charge in [0.05, 0.1) is 21.3 Å². The summed E-state index contributed by atoms with van der Waals surface area (Å²) in [4.78, 5) is 25.2. The van der Waals surface area contributed by atoms with Crippen LogP contribution in [-0.2, 0) is 0 Å². The van der Waals surface area contributed by atoms with Gasteiger partial charge in [-0.2, -0.15) is 0 Å². The summed E-state index contributed by atoms with van der Waals surface area (Å²) < 4.78 is 15.8. The monoisotopic (exact) mass is 499 g/mol. The second kappa shape index (κ2) is 11.4. The van der Waals surface area contributed by atoms with Crippen LogP contribution in [-0.4, -0.2) is 38.3 Å². The van der Waals surface area contributed by atoms with Gasteiger partial charge >= 0.3 is 0 Å². The molecule has 0 atom stereocenters. The number of hydrogen-bond acceptors (Lipinski definition) is 6. The molecule has 3 rings (SSSR count). The number of nitrogens with one attached hydrogen (secondary N) is 3. The zero-order chi connectivity index (χ0) is 24.7. The summed E-state index contributed by atoms with van der Waals surface area (Å²) in [7, 11) is 4.40. The van der Waals surface area contributed by atoms with Crippen molar-refractivity contribution < 1.29 is 23.8 Å². The highest BCUT2D eigenvalue weighted by atomic mass is 35.5. The lowest BCUT2D eigenvalue weighted by atomic mass is 10.1. The minimum absolute atomic E-state index is 0.0667. The Morgan fingerprint density at radius 3 is 1.97 bits per heavy atom. The fraction of sp³-hybridized carbons (Fsp3) is 0.125. The third kappa shape index (κ3) is 6.15. The van der Waals surface area contributed by atoms with E-state index in [1.807, 2.05) is 0 Å². The predicted molar refractivity (Wildman–Crippen MR) is 136 cm³/mol. The number of carbonyl (C=O) groups is 2. The Labute approximate surface area is 207 Å². The number of rotatable bonds is 7. The number of ether oxygens (including phenoxy) is 3. The molecule has 0 aliphatic rings. The molecular weight excluding hydrogens is 478 g/mol. The van der Waals surface area contributed by atoms with Gasteiger partial charge in [0.1, 0.15) is 0 Å². The molecule has 0 saturated carbocycles. The molecule has 3 aromatic carbocycles. The van der Waals surface area contributed by atoms with Crippen LogP contribution < -0.4 is 30.2 Å². The van der Waals surface area contributed by atoms with Crippen molar-refractivity contribution in [2.75, 3.05) is 32.0 Å². The maximum Gasteiger partial charge on any atom is 0.257 e. The van der Waals surface area contributed by atoms with Gasteiger partial charge < -0.3 is 24.8 Å². The highest BCUT2D eigenvalue weighted by Crippen LogP contribution is 2.38. The number of hydrogen-bond donors (Lipinski definition) is 3. The SMILES string of the molecule is COc1cc(C(=O)NC(=S)Nc2cccc(NC(=O)c3cccc(Cl)c3)c2)cc(OC)c1OC. The molecule has 0 spiro atoms. The van der Waals surface area contributed by atoms with Crippen LogP contribution in [0.5, 0.6) is 17.2 Å². The third-order valence-electron chi connectivity index (χ3n) is 4.62. The third-order valence-corrected chi connectivity index (χ3v) is 5.06. The van der Waals surface area contributed by atoms with Crippen LogP contribution in [0.4, 0.5) is 11.4 Å². The molecular formula is C24H22ClN3O5S. The zero-order valence-electron chi connectivity index (χ0n) is 18.6. The molecule has 0 fully saturated rings. The Morgan fingerprint density at radius 2 is 1.38 bits per heavy atom. The summed E-state index contributed by atoms with van der Waals surface area (Å²) >= 11 is 11.2. The first-order chi connectivity index (χ1) is 16.3. The molecule has 0 saturated heterocycles. The molecule has 0 aliphatic heterocycles. The topological polar surface area (TPSA) is 97.9 Å². The van der Waals surface area contributed by atoms with Gasteiger partial charge in [-0.25, -0.2) is 0 Å². The lowest BCUT2D eigenvalue weighted by Crippen LogP contribution is -2.34. The molecule has 3 aromatic rings. The lowest BCUT2D eigenvalue weighted by molar-refractivity contribution is 0.0975. The maximum atomic E-state index is 12.7. The van der Waals surface area contributed by atoms with Crippen molar-refractivity contribution in [1.29, 1.82) is 0 Å². The summed E-state index contributed by atoms with van der Waals surface area (Å²) in [5, 5.41) is 8.86. The van der Waals surface area contributed by atoms with E-state index in [1.54, 1.807) is 48.5 Å². The van der Waals surface area contributed by atoms with Crippen LogP contribution >= 0.6 is 23.8 Å². The van der Waals surface area contributed by atoms with E-state index in [0.29, 0.717) is 39.2 Å². The van der Waals surface area contributed by atoms with Crippen molar-refractivity contribution in [2.45, 2.75) is 0 Å². The Morgan fingerprint density at radius 1 is 0.765 bits per heavy atom. The van der Waals surface area contributed by atoms with Gasteiger partial charge in [0.25, 0.3) is 11.8 Å². The largest absolute Gasteiger partial charge is 0.493 e. The molecule has 3 N–H and O–H groups in total. The van der Waals surface area contributed by atoms with Crippen molar-refractivity contribution in [3.8, 4) is 17.2 Å². The van der Waals surface area contributed by atoms with Crippen molar-refractivity contribution in [3.05, 3.63) is 76.8 Å². The van der Waals surface area contributed by atoms with E-state index in [4.69, 9.17) is 38.0 Å². The Balaban J connectivity index is 1.67. The fourth-order valence-corrected chi connectivity index (χ4v) is 3.46. The van der Waals surface area contributed by atoms with Crippen LogP contribution in [0.25, 0.3) is 0 Å². The van der Waals surface area contributed by atoms with Gasteiger partial charge in [0, 0.05) is 27.5 Å². The van der Waals surface area contributed by atoms with Gasteiger partial charge in [-0.15, -0.1) is 0 Å². The summed E-state index contributed by atoms with van der Waals surface area (Å²) in [6.45, 7) is 0. The minimum atomic E-state index is -0.470. The second-order valence-corrected chi connectivity index (χ2v) is 7.71. The quantitative estimate of drug-likeness (QED) is 0.404. The van der Waals surface area contributed by atoms with Gasteiger partial charge in [-0.3, -0.25) is 14.9 Å². The Kier molecular flexibility index (Phi) is 8.29. The van der Waals surface area contributed by atoms with Gasteiger partial charge in [0.15, 0.2) is 16.6 Å². The van der Waals surface area contributed by atoms with Crippen molar-refractivity contribution in [1.82, 2.24) is 5.32 Å². The van der Waals surface area contributed by atoms with E-state index in [2.05, 4.69) is 16.0 Å². The van der Waals surface area contributed by atoms with E-state index in [-0.39, 0.29) is 16.6 Å². The molecule has 8 nitrogen and oxygen atoms in total. The van der Waals surface area contributed by atoms with Crippen molar-refractivity contribution >= 4 is 52.1 Å². The molecule has 0 aromatic heterocycles. The van der Waals surface area contributed by atoms with Gasteiger partial charge in [0.2, 0.25) is 5.75 Å². The molecule has 34 heavy (non-hydrogen) atoms. The number of methoxy groups -OCH3 is 3. The maximum absolute atomic E-state index is 12.7. The number of benzene rings is 3. The normalized spacial score (nSPS) is 10.1. The van der Waals surface area contributed by atoms with Crippen LogP contribution in [0, 0.1) is 0 Å². The summed E-state index contributed by atoms with van der Waals surface area (Å²) in [6.07, 6.45) is 0. The van der Waals surface area contributed by atoms with E-state index < -0.39 is 5.91 Å². The minimum Gasteiger partial charge on any atom is -0.493 e. The first kappa shape index (κ1) is 24.8. The molecule has 2 amide bonds. The first-order valence-electron chi connectivity index (χ1n) is 9.94. The highest BCUT2D eigenvalue weighted by Gasteiger charge is 2.18. The predicted octanol–water partition coefficient (Wildman–Crippen LogP) is 4.74. The molecule has 0 heterocycles. The highest BCUT2D eigenvalue weighted by molar-refractivity contribution is 7.80. The zero-order valence-corrected chi connectivity index (χ0v) is 20.2. The molecule has 176 valence electrons. The van der Waals surface area contributed by atoms with Crippen LogP contribution in [0.2, 0.25) is 5.02 Å². The summed E-state index contributed by atoms with van der Waals surface area (Å²) in [5.74, 6) is 0.280. The number of halogens is 1. The average molecular weight is 500 g/mol. The standard InChI is InChI=1S/C24H22ClN3O5S/c1-31-19-11-15(12-20(32-2)21(19)33-3)23(30)28-24(34)27-18-9-5-8-17(13-18)26-22(29)14-6-4-7-16(25)10-14/h4-13H,1-3H3,(H,26,29)(H2,27,28,30,34). The molecule has 0 radical (unpaired) electrons. The Hall–Kier alpha value is -3.82. The fourth-order valence-electron chi connectivity index (χ4n) is 3.06. The number of carbonyl (C=O) groups excluding carboxylic acids is 2. The van der Waals surface area contributed by atoms with E-state index >= 15 is 0 Å². The van der Waals surface area contributed by atoms with E-state index in [0.717, 1.165) is 0 Å². The van der Waals surface area contributed by atoms with E-state index in [1.165, 1.54) is 33.5 Å². The average Bonchev–Trinajstić information content (AvgIpc) is 2.83. The molecule has 0 unspecified atom stereocenters. The van der Waals surface area contributed by atoms with Crippen LogP contribution in [0.1, 0.15) is 20.7 Å². The number of amides is 2. The molecule has 0 bridgehead atoms. The van der Waals surface area contributed by atoms with Crippen LogP contribution in [0.15, 0.2) is 60.7 Å². The Bertz CT molecular complexity index is 1210. The number of anilines is 2. The second-order valence-electron chi connectivity index (χ2n) is 6.87. The van der Waals surface area contributed by atoms with Crippen molar-refractivity contribution in [2.24, 2.45) is 0 Å². The molecule has 10 heteroatoms.